The molecule has 3 aliphatic rings. The molecule has 1 aliphatic carbocycles. The molecule has 6 rings (SSSR count). The van der Waals surface area contributed by atoms with E-state index in [0.29, 0.717) is 6.42 Å². The van der Waals surface area contributed by atoms with Crippen molar-refractivity contribution in [1.29, 1.82) is 0 Å². The third-order valence-corrected chi connectivity index (χ3v) is 7.40. The smallest absolute Gasteiger partial charge is 0.337 e. The lowest BCUT2D eigenvalue weighted by molar-refractivity contribution is -0.175. The highest BCUT2D eigenvalue weighted by molar-refractivity contribution is 5.86. The van der Waals surface area contributed by atoms with Crippen LogP contribution in [0.15, 0.2) is 84.9 Å². The Kier molecular flexibility index (Phi) is 3.40. The molecule has 5 atom stereocenters. The van der Waals surface area contributed by atoms with Gasteiger partial charge >= 0.3 is 5.97 Å². The Morgan fingerprint density at radius 1 is 0.828 bits per heavy atom. The molecule has 144 valence electrons. The molecule has 0 amide bonds. The Hall–Kier alpha value is -2.91. The highest BCUT2D eigenvalue weighted by Gasteiger charge is 2.79. The number of hydrogen-bond acceptors (Lipinski definition) is 2. The maximum absolute atomic E-state index is 13.0. The van der Waals surface area contributed by atoms with Gasteiger partial charge < -0.3 is 9.84 Å². The number of carboxylic acid groups (broad SMARTS) is 1. The molecule has 2 heterocycles. The van der Waals surface area contributed by atoms with Gasteiger partial charge in [0.1, 0.15) is 0 Å². The van der Waals surface area contributed by atoms with Crippen LogP contribution in [-0.2, 0) is 14.9 Å². The van der Waals surface area contributed by atoms with Gasteiger partial charge in [-0.05, 0) is 41.0 Å². The lowest BCUT2D eigenvalue weighted by Crippen LogP contribution is -2.55. The second kappa shape index (κ2) is 5.80. The first-order valence-electron chi connectivity index (χ1n) is 10.3. The zero-order chi connectivity index (χ0) is 19.6. The highest BCUT2D eigenvalue weighted by atomic mass is 16.5. The molecule has 2 aliphatic heterocycles. The van der Waals surface area contributed by atoms with Crippen molar-refractivity contribution in [2.24, 2.45) is 0 Å². The van der Waals surface area contributed by atoms with Crippen LogP contribution in [0.4, 0.5) is 0 Å². The molecule has 2 fully saturated rings. The van der Waals surface area contributed by atoms with E-state index in [-0.39, 0.29) is 17.9 Å². The third kappa shape index (κ3) is 2.03. The monoisotopic (exact) mass is 382 g/mol. The van der Waals surface area contributed by atoms with Gasteiger partial charge in [0.05, 0.1) is 6.10 Å². The summed E-state index contributed by atoms with van der Waals surface area (Å²) in [7, 11) is 0. The Labute approximate surface area is 170 Å². The fourth-order valence-electron chi connectivity index (χ4n) is 6.23. The molecule has 3 nitrogen and oxygen atoms in total. The summed E-state index contributed by atoms with van der Waals surface area (Å²) in [4.78, 5) is 13.0. The molecule has 2 bridgehead atoms. The number of carboxylic acids is 1. The maximum atomic E-state index is 13.0. The van der Waals surface area contributed by atoms with Crippen molar-refractivity contribution in [3.63, 3.8) is 0 Å². The highest BCUT2D eigenvalue weighted by Crippen LogP contribution is 2.76. The quantitative estimate of drug-likeness (QED) is 0.678. The summed E-state index contributed by atoms with van der Waals surface area (Å²) in [6, 6.07) is 28.7. The Balaban J connectivity index is 1.61. The lowest BCUT2D eigenvalue weighted by Gasteiger charge is -2.43. The standard InChI is InChI=1S/C26H22O3/c27-24(28)26-21(17-9-3-1-4-10-17)15-23(29-26)19-13-7-8-14-20(19)25(26)16-22(25)18-11-5-2-6-12-18/h1-14,21-23H,15-16H2,(H,27,28)/t21-,22?,23+,25-,26+/m0/s1. The zero-order valence-electron chi connectivity index (χ0n) is 16.0. The molecule has 0 aromatic heterocycles. The number of hydrogen-bond donors (Lipinski definition) is 1. The minimum absolute atomic E-state index is 0.145. The Bertz CT molecular complexity index is 1090. The van der Waals surface area contributed by atoms with Gasteiger partial charge in [0.25, 0.3) is 0 Å². The summed E-state index contributed by atoms with van der Waals surface area (Å²) in [5, 5.41) is 10.7. The topological polar surface area (TPSA) is 46.5 Å². The predicted molar refractivity (Wildman–Crippen MR) is 110 cm³/mol. The Morgan fingerprint density at radius 3 is 2.07 bits per heavy atom. The molecular formula is C26H22O3. The number of benzene rings is 3. The summed E-state index contributed by atoms with van der Waals surface area (Å²) in [6.07, 6.45) is 1.34. The van der Waals surface area contributed by atoms with E-state index in [0.717, 1.165) is 12.0 Å². The predicted octanol–water partition coefficient (Wildman–Crippen LogP) is 5.19. The van der Waals surface area contributed by atoms with Crippen molar-refractivity contribution in [2.75, 3.05) is 0 Å². The van der Waals surface area contributed by atoms with Gasteiger partial charge in [-0.1, -0.05) is 84.9 Å². The van der Waals surface area contributed by atoms with Crippen LogP contribution < -0.4 is 0 Å². The normalized spacial score (nSPS) is 34.0. The molecule has 1 saturated carbocycles. The molecular weight excluding hydrogens is 360 g/mol. The van der Waals surface area contributed by atoms with Crippen molar-refractivity contribution < 1.29 is 14.6 Å². The minimum atomic E-state index is -1.24. The first-order chi connectivity index (χ1) is 14.2. The first kappa shape index (κ1) is 17.0. The molecule has 3 aromatic carbocycles. The maximum Gasteiger partial charge on any atom is 0.337 e. The molecule has 0 radical (unpaired) electrons. The van der Waals surface area contributed by atoms with Gasteiger partial charge in [-0.2, -0.15) is 0 Å². The third-order valence-electron chi connectivity index (χ3n) is 7.40. The van der Waals surface area contributed by atoms with Crippen LogP contribution in [0.1, 0.15) is 53.0 Å². The second-order valence-corrected chi connectivity index (χ2v) is 8.57. The number of fused-ring (bicyclic) bond motifs is 6. The fourth-order valence-corrected chi connectivity index (χ4v) is 6.23. The molecule has 1 spiro atoms. The summed E-state index contributed by atoms with van der Waals surface area (Å²) >= 11 is 0. The number of ether oxygens (including phenoxy) is 1. The molecule has 3 aromatic rings. The van der Waals surface area contributed by atoms with Gasteiger partial charge in [0, 0.05) is 11.3 Å². The molecule has 1 saturated heterocycles. The van der Waals surface area contributed by atoms with Gasteiger partial charge in [-0.3, -0.25) is 0 Å². The lowest BCUT2D eigenvalue weighted by atomic mass is 9.67. The van der Waals surface area contributed by atoms with Crippen molar-refractivity contribution in [3.8, 4) is 0 Å². The summed E-state index contributed by atoms with van der Waals surface area (Å²) in [6.45, 7) is 0. The van der Waals surface area contributed by atoms with Crippen LogP contribution in [0, 0.1) is 0 Å². The van der Waals surface area contributed by atoms with Gasteiger partial charge in [0.15, 0.2) is 5.60 Å². The van der Waals surface area contributed by atoms with E-state index in [1.165, 1.54) is 16.7 Å². The van der Waals surface area contributed by atoms with E-state index in [1.807, 2.05) is 48.5 Å². The molecule has 1 N–H and O–H groups in total. The minimum Gasteiger partial charge on any atom is -0.479 e. The molecule has 3 heteroatoms. The summed E-state index contributed by atoms with van der Waals surface area (Å²) in [5.74, 6) is -0.861. The SMILES string of the molecule is O=C(O)[C@]12O[C@H](C[C@H]1c1ccccc1)c1ccccc1[C@]21CC1c1ccccc1. The van der Waals surface area contributed by atoms with Crippen molar-refractivity contribution >= 4 is 5.97 Å². The van der Waals surface area contributed by atoms with Gasteiger partial charge in [-0.25, -0.2) is 4.79 Å². The second-order valence-electron chi connectivity index (χ2n) is 8.57. The van der Waals surface area contributed by atoms with Crippen molar-refractivity contribution in [1.82, 2.24) is 0 Å². The number of aliphatic carboxylic acids is 1. The largest absolute Gasteiger partial charge is 0.479 e. The van der Waals surface area contributed by atoms with Gasteiger partial charge in [-0.15, -0.1) is 0 Å². The van der Waals surface area contributed by atoms with E-state index >= 15 is 0 Å². The van der Waals surface area contributed by atoms with Crippen LogP contribution >= 0.6 is 0 Å². The van der Waals surface area contributed by atoms with Crippen LogP contribution in [0.3, 0.4) is 0 Å². The van der Waals surface area contributed by atoms with E-state index in [4.69, 9.17) is 4.74 Å². The van der Waals surface area contributed by atoms with E-state index < -0.39 is 17.0 Å². The average molecular weight is 382 g/mol. The van der Waals surface area contributed by atoms with E-state index in [2.05, 4.69) is 36.4 Å². The first-order valence-corrected chi connectivity index (χ1v) is 10.3. The van der Waals surface area contributed by atoms with E-state index in [1.54, 1.807) is 0 Å². The molecule has 29 heavy (non-hydrogen) atoms. The van der Waals surface area contributed by atoms with E-state index in [9.17, 15) is 9.90 Å². The van der Waals surface area contributed by atoms with Crippen LogP contribution in [-0.4, -0.2) is 16.7 Å². The summed E-state index contributed by atoms with van der Waals surface area (Å²) in [5.41, 5.74) is 2.82. The van der Waals surface area contributed by atoms with Crippen molar-refractivity contribution in [2.45, 2.75) is 41.8 Å². The Morgan fingerprint density at radius 2 is 1.41 bits per heavy atom. The fraction of sp³-hybridized carbons (Fsp3) is 0.269. The van der Waals surface area contributed by atoms with Crippen molar-refractivity contribution in [3.05, 3.63) is 107 Å². The number of rotatable bonds is 3. The average Bonchev–Trinajstić information content (AvgIpc) is 3.41. The number of carbonyl (C=O) groups is 1. The van der Waals surface area contributed by atoms with Crippen LogP contribution in [0.5, 0.6) is 0 Å². The molecule has 1 unspecified atom stereocenters. The van der Waals surface area contributed by atoms with Crippen LogP contribution in [0.2, 0.25) is 0 Å². The van der Waals surface area contributed by atoms with Crippen LogP contribution in [0.25, 0.3) is 0 Å². The zero-order valence-corrected chi connectivity index (χ0v) is 16.0. The summed E-state index contributed by atoms with van der Waals surface area (Å²) < 4.78 is 6.57. The van der Waals surface area contributed by atoms with Gasteiger partial charge in [0.2, 0.25) is 0 Å².